The first-order chi connectivity index (χ1) is 15.5. The van der Waals surface area contributed by atoms with Crippen molar-refractivity contribution in [3.05, 3.63) is 87.1 Å². The topological polar surface area (TPSA) is 62.1 Å². The highest BCUT2D eigenvalue weighted by atomic mass is 35.5. The average Bonchev–Trinajstić information content (AvgIpc) is 3.43. The summed E-state index contributed by atoms with van der Waals surface area (Å²) >= 11 is 13.7. The van der Waals surface area contributed by atoms with Crippen LogP contribution in [0.3, 0.4) is 0 Å². The number of thiophene rings is 1. The van der Waals surface area contributed by atoms with Crippen LogP contribution in [-0.4, -0.2) is 31.0 Å². The Morgan fingerprint density at radius 2 is 1.76 bits per heavy atom. The lowest BCUT2D eigenvalue weighted by molar-refractivity contribution is -0.137. The van der Waals surface area contributed by atoms with Gasteiger partial charge in [0.25, 0.3) is 10.0 Å². The van der Waals surface area contributed by atoms with Crippen LogP contribution in [0.2, 0.25) is 5.02 Å². The van der Waals surface area contributed by atoms with Gasteiger partial charge in [-0.15, -0.1) is 15.7 Å². The van der Waals surface area contributed by atoms with Gasteiger partial charge in [-0.2, -0.15) is 26.7 Å². The van der Waals surface area contributed by atoms with Gasteiger partial charge in [0.2, 0.25) is 5.29 Å². The van der Waals surface area contributed by atoms with Crippen LogP contribution in [0.1, 0.15) is 21.9 Å². The van der Waals surface area contributed by atoms with Gasteiger partial charge in [0.05, 0.1) is 28.6 Å². The van der Waals surface area contributed by atoms with Gasteiger partial charge in [-0.25, -0.2) is 5.01 Å². The number of benzene rings is 2. The Morgan fingerprint density at radius 1 is 1.09 bits per heavy atom. The molecule has 2 heterocycles. The number of hydrogen-bond donors (Lipinski definition) is 0. The number of sulfonamides is 1. The highest BCUT2D eigenvalue weighted by Gasteiger charge is 2.33. The monoisotopic (exact) mass is 531 g/mol. The number of amidine groups is 1. The van der Waals surface area contributed by atoms with Gasteiger partial charge in [-0.05, 0) is 65.0 Å². The third-order valence-corrected chi connectivity index (χ3v) is 7.73. The van der Waals surface area contributed by atoms with E-state index in [4.69, 9.17) is 23.2 Å². The second kappa shape index (κ2) is 9.09. The van der Waals surface area contributed by atoms with Crippen molar-refractivity contribution in [2.75, 3.05) is 6.54 Å². The van der Waals surface area contributed by atoms with Gasteiger partial charge in [-0.3, -0.25) is 0 Å². The first kappa shape index (κ1) is 23.7. The maximum absolute atomic E-state index is 12.8. The van der Waals surface area contributed by atoms with Gasteiger partial charge in [0.1, 0.15) is 0 Å². The molecule has 0 aliphatic carbocycles. The predicted molar refractivity (Wildman–Crippen MR) is 124 cm³/mol. The number of hydrogen-bond acceptors (Lipinski definition) is 4. The maximum atomic E-state index is 12.8. The number of nitrogens with zero attached hydrogens (tertiary/aromatic N) is 3. The molecule has 0 amide bonds. The van der Waals surface area contributed by atoms with Crippen LogP contribution in [0.4, 0.5) is 13.2 Å². The Hall–Kier alpha value is -2.40. The molecular formula is C21H14Cl2F3N3O2S2. The summed E-state index contributed by atoms with van der Waals surface area (Å²) in [7, 11) is -4.36. The molecule has 1 unspecified atom stereocenters. The molecule has 0 fully saturated rings. The van der Waals surface area contributed by atoms with Gasteiger partial charge < -0.3 is 0 Å². The molecule has 5 nitrogen and oxygen atoms in total. The van der Waals surface area contributed by atoms with Crippen molar-refractivity contribution < 1.29 is 21.6 Å². The summed E-state index contributed by atoms with van der Waals surface area (Å²) in [5.74, 6) is -0.191. The molecule has 12 heteroatoms. The third-order valence-electron chi connectivity index (χ3n) is 4.83. The molecule has 1 atom stereocenters. The van der Waals surface area contributed by atoms with E-state index in [9.17, 15) is 21.6 Å². The zero-order valence-corrected chi connectivity index (χ0v) is 19.6. The Labute approximate surface area is 201 Å². The molecule has 4 rings (SSSR count). The lowest BCUT2D eigenvalue weighted by Gasteiger charge is -2.13. The molecule has 0 radical (unpaired) electrons. The van der Waals surface area contributed by atoms with Crippen LogP contribution in [0.25, 0.3) is 0 Å². The SMILES string of the molecule is O=S(=O)(N=C(Cl)N1CC(c2cccs2)C(c2ccc(Cl)cc2)=N1)c1ccc(C(F)(F)F)cc1. The highest BCUT2D eigenvalue weighted by Crippen LogP contribution is 2.33. The molecule has 172 valence electrons. The molecular weight excluding hydrogens is 518 g/mol. The van der Waals surface area contributed by atoms with Crippen molar-refractivity contribution in [3.8, 4) is 0 Å². The minimum absolute atomic E-state index is 0.191. The summed E-state index contributed by atoms with van der Waals surface area (Å²) in [6, 6.07) is 13.9. The zero-order valence-electron chi connectivity index (χ0n) is 16.5. The first-order valence-electron chi connectivity index (χ1n) is 9.38. The standard InChI is InChI=1S/C21H14Cl2F3N3O2S2/c22-15-7-3-13(4-8-15)19-17(18-2-1-11-32-18)12-29(27-19)20(23)28-33(30,31)16-9-5-14(6-10-16)21(24,25)26/h1-11,17H,12H2. The van der Waals surface area contributed by atoms with E-state index in [0.29, 0.717) is 22.9 Å². The predicted octanol–water partition coefficient (Wildman–Crippen LogP) is 6.21. The van der Waals surface area contributed by atoms with Crippen molar-refractivity contribution in [1.82, 2.24) is 5.01 Å². The fourth-order valence-electron chi connectivity index (χ4n) is 3.23. The summed E-state index contributed by atoms with van der Waals surface area (Å²) < 4.78 is 67.1. The Balaban J connectivity index is 1.65. The second-order valence-corrected chi connectivity index (χ2v) is 10.4. The first-order valence-corrected chi connectivity index (χ1v) is 12.5. The van der Waals surface area contributed by atoms with E-state index in [0.717, 1.165) is 22.6 Å². The minimum atomic E-state index is -4.58. The molecule has 0 bridgehead atoms. The van der Waals surface area contributed by atoms with E-state index < -0.39 is 32.0 Å². The summed E-state index contributed by atoms with van der Waals surface area (Å²) in [6.07, 6.45) is -4.58. The molecule has 0 N–H and O–H groups in total. The molecule has 2 aromatic carbocycles. The van der Waals surface area contributed by atoms with E-state index in [1.54, 1.807) is 24.3 Å². The van der Waals surface area contributed by atoms with E-state index in [2.05, 4.69) is 9.50 Å². The average molecular weight is 532 g/mol. The Kier molecular flexibility index (Phi) is 6.54. The number of alkyl halides is 3. The number of rotatable bonds is 4. The van der Waals surface area contributed by atoms with E-state index in [1.807, 2.05) is 17.5 Å². The summed E-state index contributed by atoms with van der Waals surface area (Å²) in [5.41, 5.74) is 0.483. The lowest BCUT2D eigenvalue weighted by Crippen LogP contribution is -2.22. The van der Waals surface area contributed by atoms with Crippen LogP contribution >= 0.6 is 34.5 Å². The fourth-order valence-corrected chi connectivity index (χ4v) is 5.43. The molecule has 1 aromatic heterocycles. The fraction of sp³-hybridized carbons (Fsp3) is 0.143. The van der Waals surface area contributed by atoms with Gasteiger partial charge in [0.15, 0.2) is 0 Å². The quantitative estimate of drug-likeness (QED) is 0.228. The molecule has 3 aromatic rings. The van der Waals surface area contributed by atoms with Crippen LogP contribution in [0.5, 0.6) is 0 Å². The van der Waals surface area contributed by atoms with Crippen molar-refractivity contribution in [1.29, 1.82) is 0 Å². The summed E-state index contributed by atoms with van der Waals surface area (Å²) in [4.78, 5) is 0.589. The Morgan fingerprint density at radius 3 is 2.33 bits per heavy atom. The van der Waals surface area contributed by atoms with Crippen molar-refractivity contribution in [2.24, 2.45) is 9.50 Å². The van der Waals surface area contributed by atoms with Gasteiger partial charge in [0, 0.05) is 9.90 Å². The van der Waals surface area contributed by atoms with Gasteiger partial charge >= 0.3 is 6.18 Å². The van der Waals surface area contributed by atoms with Crippen LogP contribution in [0.15, 0.2) is 80.4 Å². The van der Waals surface area contributed by atoms with Gasteiger partial charge in [-0.1, -0.05) is 29.8 Å². The minimum Gasteiger partial charge on any atom is -0.236 e. The Bertz CT molecular complexity index is 1310. The largest absolute Gasteiger partial charge is 0.416 e. The van der Waals surface area contributed by atoms with Crippen LogP contribution in [0, 0.1) is 0 Å². The molecule has 0 saturated carbocycles. The normalized spacial score (nSPS) is 17.4. The molecule has 0 spiro atoms. The van der Waals surface area contributed by atoms with Crippen LogP contribution < -0.4 is 0 Å². The highest BCUT2D eigenvalue weighted by molar-refractivity contribution is 7.90. The van der Waals surface area contributed by atoms with E-state index in [1.165, 1.54) is 16.3 Å². The van der Waals surface area contributed by atoms with Crippen LogP contribution in [-0.2, 0) is 16.2 Å². The molecule has 1 aliphatic heterocycles. The number of halogens is 5. The van der Waals surface area contributed by atoms with Crippen molar-refractivity contribution in [3.63, 3.8) is 0 Å². The zero-order chi connectivity index (χ0) is 23.8. The molecule has 0 saturated heterocycles. The summed E-state index contributed by atoms with van der Waals surface area (Å²) in [6.45, 7) is 0.239. The van der Waals surface area contributed by atoms with E-state index >= 15 is 0 Å². The molecule has 33 heavy (non-hydrogen) atoms. The third kappa shape index (κ3) is 5.24. The smallest absolute Gasteiger partial charge is 0.236 e. The second-order valence-electron chi connectivity index (χ2n) is 7.00. The lowest BCUT2D eigenvalue weighted by atomic mass is 9.96. The van der Waals surface area contributed by atoms with Crippen molar-refractivity contribution in [2.45, 2.75) is 17.0 Å². The van der Waals surface area contributed by atoms with E-state index in [-0.39, 0.29) is 12.5 Å². The van der Waals surface area contributed by atoms with Crippen molar-refractivity contribution >= 4 is 55.6 Å². The summed E-state index contributed by atoms with van der Waals surface area (Å²) in [5, 5.41) is 7.81. The number of hydrazone groups is 1. The maximum Gasteiger partial charge on any atom is 0.416 e. The molecule has 1 aliphatic rings.